The second-order valence-electron chi connectivity index (χ2n) is 4.07. The molecule has 0 unspecified atom stereocenters. The molecule has 3 nitrogen and oxygen atoms in total. The molecule has 1 fully saturated rings. The first-order valence-corrected chi connectivity index (χ1v) is 7.85. The summed E-state index contributed by atoms with van der Waals surface area (Å²) >= 11 is 8.88. The molecule has 17 heavy (non-hydrogen) atoms. The number of sulfonamides is 1. The Kier molecular flexibility index (Phi) is 3.66. The van der Waals surface area contributed by atoms with Crippen molar-refractivity contribution in [1.29, 1.82) is 0 Å². The molecule has 1 aromatic carbocycles. The number of anilines is 1. The Balaban J connectivity index is 2.23. The number of hydrogen-bond donors (Lipinski definition) is 1. The lowest BCUT2D eigenvalue weighted by molar-refractivity contribution is 0.597. The minimum atomic E-state index is -3.42. The molecule has 0 aromatic heterocycles. The SMILES string of the molecule is O=S(=O)(CC1CC1)Nc1c(Cl)cc(F)cc1Br. The molecule has 1 N–H and O–H groups in total. The van der Waals surface area contributed by atoms with Crippen LogP contribution in [-0.2, 0) is 10.0 Å². The molecule has 0 amide bonds. The van der Waals surface area contributed by atoms with Gasteiger partial charge in [0, 0.05) is 4.47 Å². The summed E-state index contributed by atoms with van der Waals surface area (Å²) in [6, 6.07) is 2.24. The van der Waals surface area contributed by atoms with Crippen LogP contribution in [0.25, 0.3) is 0 Å². The van der Waals surface area contributed by atoms with Gasteiger partial charge in [0.15, 0.2) is 0 Å². The van der Waals surface area contributed by atoms with Crippen molar-refractivity contribution >= 4 is 43.2 Å². The highest BCUT2D eigenvalue weighted by Crippen LogP contribution is 2.34. The Morgan fingerprint density at radius 2 is 2.12 bits per heavy atom. The molecule has 0 heterocycles. The number of rotatable bonds is 4. The van der Waals surface area contributed by atoms with E-state index in [9.17, 15) is 12.8 Å². The van der Waals surface area contributed by atoms with Crippen LogP contribution in [0.4, 0.5) is 10.1 Å². The number of nitrogens with one attached hydrogen (secondary N) is 1. The van der Waals surface area contributed by atoms with Gasteiger partial charge in [-0.3, -0.25) is 4.72 Å². The van der Waals surface area contributed by atoms with Gasteiger partial charge in [0.1, 0.15) is 5.82 Å². The van der Waals surface area contributed by atoms with Gasteiger partial charge in [-0.1, -0.05) is 11.6 Å². The van der Waals surface area contributed by atoms with Gasteiger partial charge in [0.2, 0.25) is 10.0 Å². The lowest BCUT2D eigenvalue weighted by atomic mass is 10.3. The van der Waals surface area contributed by atoms with Crippen LogP contribution < -0.4 is 4.72 Å². The first kappa shape index (κ1) is 13.1. The summed E-state index contributed by atoms with van der Waals surface area (Å²) in [6.45, 7) is 0. The molecule has 1 aromatic rings. The van der Waals surface area contributed by atoms with E-state index in [0.29, 0.717) is 4.47 Å². The minimum absolute atomic E-state index is 0.0382. The van der Waals surface area contributed by atoms with E-state index >= 15 is 0 Å². The fourth-order valence-electron chi connectivity index (χ4n) is 1.43. The minimum Gasteiger partial charge on any atom is -0.281 e. The monoisotopic (exact) mass is 341 g/mol. The fourth-order valence-corrected chi connectivity index (χ4v) is 4.09. The molecule has 0 spiro atoms. The second kappa shape index (κ2) is 4.74. The van der Waals surface area contributed by atoms with E-state index in [-0.39, 0.29) is 22.4 Å². The smallest absolute Gasteiger partial charge is 0.233 e. The van der Waals surface area contributed by atoms with Gasteiger partial charge in [-0.15, -0.1) is 0 Å². The zero-order chi connectivity index (χ0) is 12.6. The number of halogens is 3. The van der Waals surface area contributed by atoms with Crippen LogP contribution in [0.3, 0.4) is 0 Å². The van der Waals surface area contributed by atoms with Gasteiger partial charge < -0.3 is 0 Å². The topological polar surface area (TPSA) is 46.2 Å². The van der Waals surface area contributed by atoms with E-state index in [1.165, 1.54) is 6.07 Å². The first-order valence-electron chi connectivity index (χ1n) is 5.02. The number of benzene rings is 1. The zero-order valence-corrected chi connectivity index (χ0v) is 11.9. The largest absolute Gasteiger partial charge is 0.281 e. The Bertz CT molecular complexity index is 522. The van der Waals surface area contributed by atoms with Gasteiger partial charge in [-0.05, 0) is 46.8 Å². The van der Waals surface area contributed by atoms with Crippen LogP contribution in [0.15, 0.2) is 16.6 Å². The molecule has 1 aliphatic carbocycles. The van der Waals surface area contributed by atoms with E-state index in [1.54, 1.807) is 0 Å². The van der Waals surface area contributed by atoms with Crippen molar-refractivity contribution in [3.63, 3.8) is 0 Å². The third kappa shape index (κ3) is 3.56. The van der Waals surface area contributed by atoms with Crippen LogP contribution in [0.2, 0.25) is 5.02 Å². The summed E-state index contributed by atoms with van der Waals surface area (Å²) in [5.41, 5.74) is 0.189. The van der Waals surface area contributed by atoms with Crippen molar-refractivity contribution in [3.8, 4) is 0 Å². The molecule has 1 saturated carbocycles. The molecule has 2 rings (SSSR count). The molecule has 1 aliphatic rings. The lowest BCUT2D eigenvalue weighted by Gasteiger charge is -2.11. The van der Waals surface area contributed by atoms with Crippen LogP contribution >= 0.6 is 27.5 Å². The van der Waals surface area contributed by atoms with Crippen molar-refractivity contribution in [2.24, 2.45) is 5.92 Å². The number of hydrogen-bond acceptors (Lipinski definition) is 2. The molecule has 0 atom stereocenters. The van der Waals surface area contributed by atoms with Gasteiger partial charge >= 0.3 is 0 Å². The summed E-state index contributed by atoms with van der Waals surface area (Å²) in [5.74, 6) is -0.190. The summed E-state index contributed by atoms with van der Waals surface area (Å²) < 4.78 is 39.2. The van der Waals surface area contributed by atoms with Crippen molar-refractivity contribution in [2.75, 3.05) is 10.5 Å². The van der Waals surface area contributed by atoms with Crippen molar-refractivity contribution in [3.05, 3.63) is 27.4 Å². The summed E-state index contributed by atoms with van der Waals surface area (Å²) in [5, 5.41) is 0.0382. The molecular formula is C10H10BrClFNO2S. The highest BCUT2D eigenvalue weighted by atomic mass is 79.9. The highest BCUT2D eigenvalue weighted by Gasteiger charge is 2.28. The molecule has 94 valence electrons. The molecule has 0 radical (unpaired) electrons. The normalized spacial score (nSPS) is 15.9. The van der Waals surface area contributed by atoms with Crippen LogP contribution in [0, 0.1) is 11.7 Å². The zero-order valence-electron chi connectivity index (χ0n) is 8.71. The molecule has 7 heteroatoms. The summed E-state index contributed by atoms with van der Waals surface area (Å²) in [6.07, 6.45) is 1.89. The fraction of sp³-hybridized carbons (Fsp3) is 0.400. The van der Waals surface area contributed by atoms with Crippen molar-refractivity contribution < 1.29 is 12.8 Å². The average Bonchev–Trinajstić information content (AvgIpc) is 2.94. The Hall–Kier alpha value is -0.330. The van der Waals surface area contributed by atoms with Crippen LogP contribution in [0.5, 0.6) is 0 Å². The second-order valence-corrected chi connectivity index (χ2v) is 7.10. The third-order valence-corrected chi connectivity index (χ3v) is 4.77. The van der Waals surface area contributed by atoms with Crippen LogP contribution in [-0.4, -0.2) is 14.2 Å². The summed E-state index contributed by atoms with van der Waals surface area (Å²) in [4.78, 5) is 0. The molecule has 0 aliphatic heterocycles. The maximum atomic E-state index is 13.0. The van der Waals surface area contributed by atoms with Gasteiger partial charge in [0.25, 0.3) is 0 Å². The van der Waals surface area contributed by atoms with E-state index in [0.717, 1.165) is 18.9 Å². The van der Waals surface area contributed by atoms with Gasteiger partial charge in [-0.2, -0.15) is 0 Å². The Morgan fingerprint density at radius 1 is 1.47 bits per heavy atom. The lowest BCUT2D eigenvalue weighted by Crippen LogP contribution is -2.18. The predicted octanol–water partition coefficient (Wildman–Crippen LogP) is 3.39. The van der Waals surface area contributed by atoms with Crippen molar-refractivity contribution in [1.82, 2.24) is 0 Å². The van der Waals surface area contributed by atoms with Gasteiger partial charge in [0.05, 0.1) is 16.5 Å². The van der Waals surface area contributed by atoms with Gasteiger partial charge in [-0.25, -0.2) is 12.8 Å². The van der Waals surface area contributed by atoms with E-state index < -0.39 is 15.8 Å². The van der Waals surface area contributed by atoms with Crippen LogP contribution in [0.1, 0.15) is 12.8 Å². The Morgan fingerprint density at radius 3 is 2.65 bits per heavy atom. The quantitative estimate of drug-likeness (QED) is 0.911. The van der Waals surface area contributed by atoms with E-state index in [1.807, 2.05) is 0 Å². The summed E-state index contributed by atoms with van der Waals surface area (Å²) in [7, 11) is -3.42. The molecular weight excluding hydrogens is 333 g/mol. The molecule has 0 bridgehead atoms. The standard InChI is InChI=1S/C10H10BrClFNO2S/c11-8-3-7(13)4-9(12)10(8)14-17(15,16)5-6-1-2-6/h3-4,6,14H,1-2,5H2. The maximum Gasteiger partial charge on any atom is 0.233 e. The highest BCUT2D eigenvalue weighted by molar-refractivity contribution is 9.10. The average molecular weight is 343 g/mol. The Labute approximate surface area is 113 Å². The molecule has 0 saturated heterocycles. The predicted molar refractivity (Wildman–Crippen MR) is 69.2 cm³/mol. The van der Waals surface area contributed by atoms with E-state index in [2.05, 4.69) is 20.7 Å². The third-order valence-electron chi connectivity index (χ3n) is 2.42. The van der Waals surface area contributed by atoms with Crippen molar-refractivity contribution in [2.45, 2.75) is 12.8 Å². The van der Waals surface area contributed by atoms with E-state index in [4.69, 9.17) is 11.6 Å². The maximum absolute atomic E-state index is 13.0. The first-order chi connectivity index (χ1) is 7.87.